The van der Waals surface area contributed by atoms with Crippen LogP contribution in [0.4, 0.5) is 0 Å². The van der Waals surface area contributed by atoms with Crippen molar-refractivity contribution < 1.29 is 5.11 Å². The summed E-state index contributed by atoms with van der Waals surface area (Å²) in [6.07, 6.45) is 0. The number of halogens is 1. The van der Waals surface area contributed by atoms with Crippen LogP contribution < -0.4 is 0 Å². The molecule has 0 spiro atoms. The van der Waals surface area contributed by atoms with E-state index in [0.29, 0.717) is 5.75 Å². The molecule has 0 aromatic heterocycles. The van der Waals surface area contributed by atoms with Crippen LogP contribution >= 0.6 is 15.9 Å². The Morgan fingerprint density at radius 1 is 0.917 bits per heavy atom. The first-order chi connectivity index (χ1) is 5.79. The lowest BCUT2D eigenvalue weighted by Gasteiger charge is -1.87. The van der Waals surface area contributed by atoms with Crippen molar-refractivity contribution in [2.45, 2.75) is 27.7 Å². The fourth-order valence-electron chi connectivity index (χ4n) is 0.441. The maximum absolute atomic E-state index is 8.74. The smallest absolute Gasteiger partial charge is 0.115 e. The molecule has 0 saturated carbocycles. The quantitative estimate of drug-likeness (QED) is 0.711. The fraction of sp³-hybridized carbons (Fsp3) is 0.400. The van der Waals surface area contributed by atoms with E-state index in [4.69, 9.17) is 5.11 Å². The largest absolute Gasteiger partial charge is 0.508 e. The predicted octanol–water partition coefficient (Wildman–Crippen LogP) is 4.21. The zero-order chi connectivity index (χ0) is 9.98. The number of phenolic OH excluding ortho intramolecular Hbond substituents is 1. The first-order valence-corrected chi connectivity index (χ1v) is 5.03. The van der Waals surface area contributed by atoms with Crippen LogP contribution in [-0.2, 0) is 0 Å². The minimum absolute atomic E-state index is 0.299. The second-order valence-electron chi connectivity index (χ2n) is 1.48. The van der Waals surface area contributed by atoms with E-state index in [0.717, 1.165) is 4.47 Å². The van der Waals surface area contributed by atoms with E-state index in [-0.39, 0.29) is 0 Å². The number of phenols is 1. The predicted molar refractivity (Wildman–Crippen MR) is 58.5 cm³/mol. The van der Waals surface area contributed by atoms with Gasteiger partial charge in [-0.2, -0.15) is 0 Å². The van der Waals surface area contributed by atoms with E-state index in [1.54, 1.807) is 24.3 Å². The monoisotopic (exact) mass is 232 g/mol. The normalized spacial score (nSPS) is 7.08. The zero-order valence-corrected chi connectivity index (χ0v) is 9.72. The molecule has 0 unspecified atom stereocenters. The molecule has 70 valence electrons. The van der Waals surface area contributed by atoms with Crippen LogP contribution in [0.15, 0.2) is 28.7 Å². The van der Waals surface area contributed by atoms with Crippen LogP contribution in [0, 0.1) is 0 Å². The van der Waals surface area contributed by atoms with Gasteiger partial charge in [0.25, 0.3) is 0 Å². The Kier molecular flexibility index (Phi) is 12.3. The molecule has 0 fully saturated rings. The number of benzene rings is 1. The lowest BCUT2D eigenvalue weighted by atomic mass is 10.3. The van der Waals surface area contributed by atoms with Crippen molar-refractivity contribution in [3.63, 3.8) is 0 Å². The van der Waals surface area contributed by atoms with Gasteiger partial charge in [-0.15, -0.1) is 0 Å². The summed E-state index contributed by atoms with van der Waals surface area (Å²) in [6.45, 7) is 8.00. The minimum Gasteiger partial charge on any atom is -0.508 e. The van der Waals surface area contributed by atoms with Gasteiger partial charge < -0.3 is 5.11 Å². The lowest BCUT2D eigenvalue weighted by molar-refractivity contribution is 0.475. The third kappa shape index (κ3) is 7.61. The van der Waals surface area contributed by atoms with Crippen LogP contribution in [0.2, 0.25) is 0 Å². The van der Waals surface area contributed by atoms with Gasteiger partial charge in [0.2, 0.25) is 0 Å². The summed E-state index contributed by atoms with van der Waals surface area (Å²) in [4.78, 5) is 0. The number of hydrogen-bond acceptors (Lipinski definition) is 1. The second kappa shape index (κ2) is 10.5. The van der Waals surface area contributed by atoms with Gasteiger partial charge in [0.05, 0.1) is 0 Å². The van der Waals surface area contributed by atoms with Gasteiger partial charge in [-0.25, -0.2) is 0 Å². The van der Waals surface area contributed by atoms with Gasteiger partial charge in [-0.05, 0) is 24.3 Å². The third-order valence-electron chi connectivity index (χ3n) is 0.827. The molecule has 0 bridgehead atoms. The van der Waals surface area contributed by atoms with Gasteiger partial charge >= 0.3 is 0 Å². The maximum atomic E-state index is 8.74. The molecule has 0 saturated heterocycles. The van der Waals surface area contributed by atoms with Gasteiger partial charge in [0.1, 0.15) is 5.75 Å². The van der Waals surface area contributed by atoms with E-state index in [2.05, 4.69) is 15.9 Å². The zero-order valence-electron chi connectivity index (χ0n) is 8.13. The fourth-order valence-corrected chi connectivity index (χ4v) is 0.705. The van der Waals surface area contributed by atoms with Crippen molar-refractivity contribution in [3.8, 4) is 5.75 Å². The minimum atomic E-state index is 0.299. The molecule has 12 heavy (non-hydrogen) atoms. The molecule has 0 aliphatic rings. The Labute approximate surface area is 83.6 Å². The molecule has 2 heteroatoms. The molecule has 0 heterocycles. The molecule has 1 aromatic rings. The van der Waals surface area contributed by atoms with Gasteiger partial charge in [-0.1, -0.05) is 43.6 Å². The van der Waals surface area contributed by atoms with Gasteiger partial charge in [0.15, 0.2) is 0 Å². The first-order valence-electron chi connectivity index (χ1n) is 4.23. The first kappa shape index (κ1) is 14.0. The van der Waals surface area contributed by atoms with E-state index < -0.39 is 0 Å². The average molecular weight is 233 g/mol. The number of aromatic hydroxyl groups is 1. The summed E-state index contributed by atoms with van der Waals surface area (Å²) >= 11 is 3.23. The van der Waals surface area contributed by atoms with Crippen molar-refractivity contribution in [2.75, 3.05) is 0 Å². The summed E-state index contributed by atoms with van der Waals surface area (Å²) in [5, 5.41) is 8.74. The molecular formula is C10H17BrO. The standard InChI is InChI=1S/C6H5BrO.2C2H6/c7-5-1-3-6(8)4-2-5;2*1-2/h1-4,8H;2*1-2H3. The molecule has 0 amide bonds. The van der Waals surface area contributed by atoms with Crippen LogP contribution in [-0.4, -0.2) is 5.11 Å². The Balaban J connectivity index is 0. The van der Waals surface area contributed by atoms with Crippen molar-refractivity contribution in [1.29, 1.82) is 0 Å². The molecule has 1 N–H and O–H groups in total. The Bertz CT molecular complexity index is 149. The van der Waals surface area contributed by atoms with E-state index >= 15 is 0 Å². The number of hydrogen-bond donors (Lipinski definition) is 1. The van der Waals surface area contributed by atoms with Crippen LogP contribution in [0.3, 0.4) is 0 Å². The highest BCUT2D eigenvalue weighted by Gasteiger charge is 1.83. The molecular weight excluding hydrogens is 216 g/mol. The van der Waals surface area contributed by atoms with Gasteiger partial charge in [0, 0.05) is 4.47 Å². The second-order valence-corrected chi connectivity index (χ2v) is 2.39. The summed E-state index contributed by atoms with van der Waals surface area (Å²) in [5.74, 6) is 0.299. The molecule has 0 aliphatic carbocycles. The highest BCUT2D eigenvalue weighted by molar-refractivity contribution is 9.10. The van der Waals surface area contributed by atoms with Crippen molar-refractivity contribution in [2.24, 2.45) is 0 Å². The Hall–Kier alpha value is -0.500. The molecule has 0 atom stereocenters. The molecule has 1 nitrogen and oxygen atoms in total. The molecule has 1 aromatic carbocycles. The highest BCUT2D eigenvalue weighted by atomic mass is 79.9. The lowest BCUT2D eigenvalue weighted by Crippen LogP contribution is -1.61. The van der Waals surface area contributed by atoms with E-state index in [9.17, 15) is 0 Å². The maximum Gasteiger partial charge on any atom is 0.115 e. The van der Waals surface area contributed by atoms with Gasteiger partial charge in [-0.3, -0.25) is 0 Å². The Morgan fingerprint density at radius 2 is 1.25 bits per heavy atom. The topological polar surface area (TPSA) is 20.2 Å². The number of rotatable bonds is 0. The van der Waals surface area contributed by atoms with Crippen LogP contribution in [0.5, 0.6) is 5.75 Å². The molecule has 1 rings (SSSR count). The molecule has 0 radical (unpaired) electrons. The van der Waals surface area contributed by atoms with Crippen molar-refractivity contribution in [1.82, 2.24) is 0 Å². The van der Waals surface area contributed by atoms with E-state index in [1.165, 1.54) is 0 Å². The third-order valence-corrected chi connectivity index (χ3v) is 1.36. The summed E-state index contributed by atoms with van der Waals surface area (Å²) in [6, 6.07) is 6.83. The summed E-state index contributed by atoms with van der Waals surface area (Å²) in [5.41, 5.74) is 0. The van der Waals surface area contributed by atoms with Crippen LogP contribution in [0.1, 0.15) is 27.7 Å². The molecule has 0 aliphatic heterocycles. The SMILES string of the molecule is CC.CC.Oc1ccc(Br)cc1. The van der Waals surface area contributed by atoms with Crippen molar-refractivity contribution in [3.05, 3.63) is 28.7 Å². The summed E-state index contributed by atoms with van der Waals surface area (Å²) < 4.78 is 0.982. The highest BCUT2D eigenvalue weighted by Crippen LogP contribution is 2.13. The van der Waals surface area contributed by atoms with Crippen molar-refractivity contribution >= 4 is 15.9 Å². The summed E-state index contributed by atoms with van der Waals surface area (Å²) in [7, 11) is 0. The Morgan fingerprint density at radius 3 is 1.50 bits per heavy atom. The van der Waals surface area contributed by atoms with Crippen LogP contribution in [0.25, 0.3) is 0 Å². The average Bonchev–Trinajstić information content (AvgIpc) is 2.17. The van der Waals surface area contributed by atoms with E-state index in [1.807, 2.05) is 27.7 Å².